The van der Waals surface area contributed by atoms with Crippen molar-refractivity contribution in [2.75, 3.05) is 5.73 Å². The molecule has 5 heteroatoms. The summed E-state index contributed by atoms with van der Waals surface area (Å²) < 4.78 is 0. The molecule has 2 aliphatic rings. The molecule has 3 N–H and O–H groups in total. The maximum Gasteiger partial charge on any atom is 0.161 e. The summed E-state index contributed by atoms with van der Waals surface area (Å²) in [5.74, 6) is 8.04. The van der Waals surface area contributed by atoms with Crippen molar-refractivity contribution in [1.82, 2.24) is 10.2 Å². The number of rotatable bonds is 2. The number of phenolic OH excluding ortho intramolecular Hbond substituents is 1. The Balaban J connectivity index is 1.69. The largest absolute Gasteiger partial charge is 0.507 e. The zero-order valence-corrected chi connectivity index (χ0v) is 14.5. The van der Waals surface area contributed by atoms with Crippen molar-refractivity contribution in [1.29, 1.82) is 0 Å². The van der Waals surface area contributed by atoms with E-state index >= 15 is 0 Å². The molecule has 0 atom stereocenters. The number of aromatic hydroxyl groups is 1. The quantitative estimate of drug-likeness (QED) is 0.814. The highest BCUT2D eigenvalue weighted by molar-refractivity contribution is 5.79. The number of aromatic nitrogens is 2. The number of hydrogen-bond acceptors (Lipinski definition) is 5. The Morgan fingerprint density at radius 1 is 1.15 bits per heavy atom. The number of hydrogen-bond donors (Lipinski definition) is 2. The first-order valence-corrected chi connectivity index (χ1v) is 9.04. The van der Waals surface area contributed by atoms with Gasteiger partial charge in [-0.3, -0.25) is 4.79 Å². The van der Waals surface area contributed by atoms with Gasteiger partial charge in [-0.1, -0.05) is 24.0 Å². The normalized spacial score (nSPS) is 18.8. The Hall–Kier alpha value is -2.87. The van der Waals surface area contributed by atoms with Crippen molar-refractivity contribution < 1.29 is 9.90 Å². The second-order valence-electron chi connectivity index (χ2n) is 7.26. The smallest absolute Gasteiger partial charge is 0.161 e. The van der Waals surface area contributed by atoms with Crippen LogP contribution in [0.15, 0.2) is 30.3 Å². The van der Waals surface area contributed by atoms with Gasteiger partial charge in [-0.15, -0.1) is 10.2 Å². The van der Waals surface area contributed by atoms with Gasteiger partial charge >= 0.3 is 0 Å². The van der Waals surface area contributed by atoms with Crippen LogP contribution < -0.4 is 5.73 Å². The molecular formula is C21H21N3O2. The van der Waals surface area contributed by atoms with Crippen molar-refractivity contribution >= 4 is 11.6 Å². The molecule has 26 heavy (non-hydrogen) atoms. The number of carbonyl (C=O) groups is 1. The molecule has 1 aromatic heterocycles. The molecule has 132 valence electrons. The van der Waals surface area contributed by atoms with Gasteiger partial charge in [0, 0.05) is 23.8 Å². The van der Waals surface area contributed by atoms with E-state index in [9.17, 15) is 9.90 Å². The molecule has 2 saturated carbocycles. The summed E-state index contributed by atoms with van der Waals surface area (Å²) in [4.78, 5) is 11.6. The molecule has 2 fully saturated rings. The van der Waals surface area contributed by atoms with Gasteiger partial charge in [0.15, 0.2) is 5.82 Å². The highest BCUT2D eigenvalue weighted by Gasteiger charge is 2.45. The maximum absolute atomic E-state index is 11.6. The van der Waals surface area contributed by atoms with E-state index in [1.807, 2.05) is 6.07 Å². The topological polar surface area (TPSA) is 89.1 Å². The molecule has 2 aliphatic carbocycles. The summed E-state index contributed by atoms with van der Waals surface area (Å²) in [5.41, 5.74) is 7.68. The van der Waals surface area contributed by atoms with E-state index in [0.717, 1.165) is 12.8 Å². The number of anilines is 1. The molecular weight excluding hydrogens is 326 g/mol. The Bertz CT molecular complexity index is 912. The van der Waals surface area contributed by atoms with Crippen LogP contribution in [0.4, 0.5) is 5.82 Å². The highest BCUT2D eigenvalue weighted by Crippen LogP contribution is 2.52. The van der Waals surface area contributed by atoms with Crippen LogP contribution in [0, 0.1) is 23.2 Å². The molecule has 0 radical (unpaired) electrons. The molecule has 0 spiro atoms. The first kappa shape index (κ1) is 16.6. The van der Waals surface area contributed by atoms with Crippen LogP contribution in [0.2, 0.25) is 0 Å². The molecule has 2 aromatic rings. The number of benzene rings is 1. The molecule has 0 aliphatic heterocycles. The van der Waals surface area contributed by atoms with Crippen LogP contribution >= 0.6 is 0 Å². The van der Waals surface area contributed by atoms with Crippen LogP contribution in [-0.4, -0.2) is 21.1 Å². The van der Waals surface area contributed by atoms with Crippen LogP contribution in [0.1, 0.15) is 44.1 Å². The van der Waals surface area contributed by atoms with E-state index in [0.29, 0.717) is 41.4 Å². The second-order valence-corrected chi connectivity index (χ2v) is 7.26. The van der Waals surface area contributed by atoms with Crippen molar-refractivity contribution in [2.24, 2.45) is 11.3 Å². The SMILES string of the molecule is Nc1nnc(-c2ccccc2O)cc1C#CC1(C2CC2)CCC(=O)CC1. The predicted molar refractivity (Wildman–Crippen MR) is 99.1 cm³/mol. The molecule has 0 amide bonds. The van der Waals surface area contributed by atoms with Gasteiger partial charge < -0.3 is 10.8 Å². The number of nitrogens with zero attached hydrogens (tertiary/aromatic N) is 2. The van der Waals surface area contributed by atoms with E-state index in [-0.39, 0.29) is 17.0 Å². The third kappa shape index (κ3) is 3.15. The lowest BCUT2D eigenvalue weighted by atomic mass is 9.70. The number of para-hydroxylation sites is 1. The monoisotopic (exact) mass is 347 g/mol. The summed E-state index contributed by atoms with van der Waals surface area (Å²) in [6.45, 7) is 0. The lowest BCUT2D eigenvalue weighted by Crippen LogP contribution is -2.28. The van der Waals surface area contributed by atoms with Gasteiger partial charge in [0.05, 0.1) is 11.3 Å². The van der Waals surface area contributed by atoms with Gasteiger partial charge in [0.2, 0.25) is 0 Å². The molecule has 1 aromatic carbocycles. The Labute approximate surface area is 152 Å². The number of Topliss-reactive ketones (excluding diaryl/α,β-unsaturated/α-hetero) is 1. The van der Waals surface area contributed by atoms with Gasteiger partial charge in [-0.25, -0.2) is 0 Å². The van der Waals surface area contributed by atoms with Crippen molar-refractivity contribution in [2.45, 2.75) is 38.5 Å². The molecule has 1 heterocycles. The van der Waals surface area contributed by atoms with E-state index in [4.69, 9.17) is 5.73 Å². The number of ketones is 1. The minimum atomic E-state index is -0.0708. The van der Waals surface area contributed by atoms with Crippen LogP contribution in [-0.2, 0) is 4.79 Å². The second kappa shape index (κ2) is 6.45. The first-order valence-electron chi connectivity index (χ1n) is 9.04. The number of phenols is 1. The van der Waals surface area contributed by atoms with Crippen LogP contribution in [0.25, 0.3) is 11.3 Å². The van der Waals surface area contributed by atoms with Crippen molar-refractivity contribution in [3.63, 3.8) is 0 Å². The Kier molecular flexibility index (Phi) is 4.12. The van der Waals surface area contributed by atoms with Gasteiger partial charge in [0.1, 0.15) is 11.5 Å². The van der Waals surface area contributed by atoms with Gasteiger partial charge in [-0.2, -0.15) is 0 Å². The van der Waals surface area contributed by atoms with Gasteiger partial charge in [-0.05, 0) is 49.8 Å². The zero-order valence-electron chi connectivity index (χ0n) is 14.5. The molecule has 5 nitrogen and oxygen atoms in total. The lowest BCUT2D eigenvalue weighted by Gasteiger charge is -2.32. The Morgan fingerprint density at radius 3 is 2.58 bits per heavy atom. The fourth-order valence-corrected chi connectivity index (χ4v) is 3.76. The predicted octanol–water partition coefficient (Wildman–Crippen LogP) is 3.32. The van der Waals surface area contributed by atoms with E-state index in [2.05, 4.69) is 22.0 Å². The third-order valence-corrected chi connectivity index (χ3v) is 5.51. The maximum atomic E-state index is 11.6. The summed E-state index contributed by atoms with van der Waals surface area (Å²) in [5, 5.41) is 18.1. The standard InChI is InChI=1S/C21H21N3O2/c22-20-14(13-18(23-24-20)17-3-1-2-4-19(17)26)7-10-21(15-5-6-15)11-8-16(25)9-12-21/h1-4,13,15,26H,5-6,8-9,11-12H2,(H2,22,24). The highest BCUT2D eigenvalue weighted by atomic mass is 16.3. The minimum Gasteiger partial charge on any atom is -0.507 e. The molecule has 0 saturated heterocycles. The van der Waals surface area contributed by atoms with Crippen molar-refractivity contribution in [3.8, 4) is 28.8 Å². The molecule has 0 bridgehead atoms. The van der Waals surface area contributed by atoms with E-state index in [1.165, 1.54) is 12.8 Å². The average molecular weight is 347 g/mol. The number of nitrogens with two attached hydrogens (primary N) is 1. The third-order valence-electron chi connectivity index (χ3n) is 5.51. The van der Waals surface area contributed by atoms with Gasteiger partial charge in [0.25, 0.3) is 0 Å². The van der Waals surface area contributed by atoms with Crippen molar-refractivity contribution in [3.05, 3.63) is 35.9 Å². The zero-order chi connectivity index (χ0) is 18.1. The average Bonchev–Trinajstić information content (AvgIpc) is 3.49. The van der Waals surface area contributed by atoms with E-state index in [1.54, 1.807) is 24.3 Å². The summed E-state index contributed by atoms with van der Waals surface area (Å²) in [6, 6.07) is 8.76. The number of carbonyl (C=O) groups excluding carboxylic acids is 1. The summed E-state index contributed by atoms with van der Waals surface area (Å²) in [7, 11) is 0. The van der Waals surface area contributed by atoms with Crippen LogP contribution in [0.3, 0.4) is 0 Å². The summed E-state index contributed by atoms with van der Waals surface area (Å²) in [6.07, 6.45) is 5.31. The minimum absolute atomic E-state index is 0.0708. The Morgan fingerprint density at radius 2 is 1.88 bits per heavy atom. The number of nitrogen functional groups attached to an aromatic ring is 1. The lowest BCUT2D eigenvalue weighted by molar-refractivity contribution is -0.121. The fraction of sp³-hybridized carbons (Fsp3) is 0.381. The first-order chi connectivity index (χ1) is 12.6. The molecule has 4 rings (SSSR count). The molecule has 0 unspecified atom stereocenters. The summed E-state index contributed by atoms with van der Waals surface area (Å²) >= 11 is 0. The van der Waals surface area contributed by atoms with E-state index < -0.39 is 0 Å². The van der Waals surface area contributed by atoms with Crippen LogP contribution in [0.5, 0.6) is 5.75 Å². The fourth-order valence-electron chi connectivity index (χ4n) is 3.76.